The minimum absolute atomic E-state index is 0.0682. The number of nitrogens with zero attached hydrogens (tertiary/aromatic N) is 1. The number of benzene rings is 2. The van der Waals surface area contributed by atoms with Gasteiger partial charge in [0.25, 0.3) is 5.91 Å². The summed E-state index contributed by atoms with van der Waals surface area (Å²) in [5, 5.41) is 17.4. The Hall–Kier alpha value is -2.53. The van der Waals surface area contributed by atoms with Crippen molar-refractivity contribution >= 4 is 28.9 Å². The van der Waals surface area contributed by atoms with E-state index in [1.165, 1.54) is 0 Å². The van der Waals surface area contributed by atoms with E-state index in [0.717, 1.165) is 11.3 Å². The molecule has 2 rings (SSSR count). The number of hydrogen-bond donors (Lipinski definition) is 3. The fourth-order valence-corrected chi connectivity index (χ4v) is 2.17. The summed E-state index contributed by atoms with van der Waals surface area (Å²) < 4.78 is 0. The number of amides is 1. The number of phenolic OH excluding ortho intramolecular Hbond substituents is 1. The molecule has 0 bridgehead atoms. The van der Waals surface area contributed by atoms with Crippen molar-refractivity contribution in [1.29, 1.82) is 0 Å². The predicted molar refractivity (Wildman–Crippen MR) is 93.1 cm³/mol. The van der Waals surface area contributed by atoms with Gasteiger partial charge in [0.1, 0.15) is 5.75 Å². The highest BCUT2D eigenvalue weighted by Crippen LogP contribution is 2.22. The molecule has 3 N–H and O–H groups in total. The van der Waals surface area contributed by atoms with Gasteiger partial charge in [-0.05, 0) is 43.7 Å². The molecule has 6 heteroatoms. The van der Waals surface area contributed by atoms with Gasteiger partial charge in [-0.1, -0.05) is 29.8 Å². The van der Waals surface area contributed by atoms with Crippen LogP contribution in [0.15, 0.2) is 47.6 Å². The molecule has 2 aromatic carbocycles. The topological polar surface area (TPSA) is 73.7 Å². The van der Waals surface area contributed by atoms with Gasteiger partial charge in [-0.25, -0.2) is 5.43 Å². The molecule has 0 unspecified atom stereocenters. The number of nitrogens with one attached hydrogen (secondary N) is 2. The third kappa shape index (κ3) is 4.47. The lowest BCUT2D eigenvalue weighted by atomic mass is 10.1. The van der Waals surface area contributed by atoms with Crippen molar-refractivity contribution in [3.05, 3.63) is 58.6 Å². The number of hydrazone groups is 1. The second kappa shape index (κ2) is 7.65. The zero-order valence-corrected chi connectivity index (χ0v) is 13.7. The fraction of sp³-hybridized carbons (Fsp3) is 0.176. The number of aromatic hydroxyl groups is 1. The van der Waals surface area contributed by atoms with Crippen molar-refractivity contribution in [3.63, 3.8) is 0 Å². The highest BCUT2D eigenvalue weighted by molar-refractivity contribution is 6.31. The first-order valence-electron chi connectivity index (χ1n) is 7.09. The van der Waals surface area contributed by atoms with Crippen LogP contribution in [0.1, 0.15) is 18.1 Å². The molecule has 0 saturated carbocycles. The van der Waals surface area contributed by atoms with E-state index in [1.807, 2.05) is 19.1 Å². The van der Waals surface area contributed by atoms with Gasteiger partial charge in [-0.3, -0.25) is 4.79 Å². The molecule has 120 valence electrons. The largest absolute Gasteiger partial charge is 0.507 e. The number of carbonyl (C=O) groups is 1. The average molecular weight is 332 g/mol. The number of halogens is 1. The summed E-state index contributed by atoms with van der Waals surface area (Å²) in [6.45, 7) is 3.66. The van der Waals surface area contributed by atoms with Crippen molar-refractivity contribution in [2.75, 3.05) is 11.9 Å². The molecule has 0 spiro atoms. The lowest BCUT2D eigenvalue weighted by molar-refractivity contribution is -0.119. The van der Waals surface area contributed by atoms with Crippen molar-refractivity contribution in [1.82, 2.24) is 5.43 Å². The van der Waals surface area contributed by atoms with Crippen LogP contribution in [0.5, 0.6) is 5.75 Å². The van der Waals surface area contributed by atoms with Crippen molar-refractivity contribution in [3.8, 4) is 5.75 Å². The summed E-state index contributed by atoms with van der Waals surface area (Å²) in [7, 11) is 0. The van der Waals surface area contributed by atoms with Gasteiger partial charge in [0, 0.05) is 16.3 Å². The van der Waals surface area contributed by atoms with Crippen LogP contribution < -0.4 is 10.7 Å². The van der Waals surface area contributed by atoms with Crippen LogP contribution in [-0.4, -0.2) is 23.3 Å². The Morgan fingerprint density at radius 2 is 1.96 bits per heavy atom. The van der Waals surface area contributed by atoms with Gasteiger partial charge in [0.05, 0.1) is 12.3 Å². The Kier molecular flexibility index (Phi) is 5.60. The second-order valence-electron chi connectivity index (χ2n) is 5.02. The van der Waals surface area contributed by atoms with E-state index < -0.39 is 0 Å². The van der Waals surface area contributed by atoms with Gasteiger partial charge >= 0.3 is 0 Å². The summed E-state index contributed by atoms with van der Waals surface area (Å²) in [6, 6.07) is 12.3. The summed E-state index contributed by atoms with van der Waals surface area (Å²) in [5.74, 6) is -0.171. The summed E-state index contributed by atoms with van der Waals surface area (Å²) in [6.07, 6.45) is 0. The molecule has 1 amide bonds. The SMILES string of the molecule is C/C(=N/NC(=O)CNc1cccc(Cl)c1C)c1ccccc1O. The first-order valence-corrected chi connectivity index (χ1v) is 7.47. The molecular formula is C17H18ClN3O2. The Morgan fingerprint density at radius 3 is 2.70 bits per heavy atom. The van der Waals surface area contributed by atoms with Crippen LogP contribution in [0, 0.1) is 6.92 Å². The lowest BCUT2D eigenvalue weighted by Gasteiger charge is -2.10. The molecule has 0 radical (unpaired) electrons. The Labute approximate surface area is 140 Å². The number of phenols is 1. The quantitative estimate of drug-likeness (QED) is 0.581. The first-order chi connectivity index (χ1) is 11.0. The molecule has 5 nitrogen and oxygen atoms in total. The van der Waals surface area contributed by atoms with Crippen LogP contribution in [-0.2, 0) is 4.79 Å². The number of carbonyl (C=O) groups excluding carboxylic acids is 1. The molecule has 0 aromatic heterocycles. The van der Waals surface area contributed by atoms with E-state index in [4.69, 9.17) is 11.6 Å². The van der Waals surface area contributed by atoms with Crippen molar-refractivity contribution < 1.29 is 9.90 Å². The molecule has 0 heterocycles. The normalized spacial score (nSPS) is 11.2. The maximum atomic E-state index is 11.9. The molecule has 0 aliphatic heterocycles. The zero-order chi connectivity index (χ0) is 16.8. The first kappa shape index (κ1) is 16.8. The molecule has 0 saturated heterocycles. The van der Waals surface area contributed by atoms with Crippen LogP contribution in [0.4, 0.5) is 5.69 Å². The number of hydrogen-bond acceptors (Lipinski definition) is 4. The van der Waals surface area contributed by atoms with Crippen molar-refractivity contribution in [2.24, 2.45) is 5.10 Å². The van der Waals surface area contributed by atoms with E-state index in [-0.39, 0.29) is 18.2 Å². The highest BCUT2D eigenvalue weighted by Gasteiger charge is 2.06. The van der Waals surface area contributed by atoms with Gasteiger partial charge in [-0.2, -0.15) is 5.10 Å². The summed E-state index contributed by atoms with van der Waals surface area (Å²) >= 11 is 6.03. The van der Waals surface area contributed by atoms with Crippen LogP contribution in [0.2, 0.25) is 5.02 Å². The molecule has 0 aliphatic rings. The predicted octanol–water partition coefficient (Wildman–Crippen LogP) is 3.31. The van der Waals surface area contributed by atoms with E-state index >= 15 is 0 Å². The third-order valence-electron chi connectivity index (χ3n) is 3.35. The summed E-state index contributed by atoms with van der Waals surface area (Å²) in [5.41, 5.74) is 5.24. The molecule has 0 atom stereocenters. The molecule has 2 aromatic rings. The zero-order valence-electron chi connectivity index (χ0n) is 12.9. The highest BCUT2D eigenvalue weighted by atomic mass is 35.5. The third-order valence-corrected chi connectivity index (χ3v) is 3.76. The maximum Gasteiger partial charge on any atom is 0.259 e. The van der Waals surface area contributed by atoms with E-state index in [2.05, 4.69) is 15.8 Å². The molecule has 23 heavy (non-hydrogen) atoms. The minimum Gasteiger partial charge on any atom is -0.507 e. The fourth-order valence-electron chi connectivity index (χ4n) is 2.00. The van der Waals surface area contributed by atoms with Gasteiger partial charge in [-0.15, -0.1) is 0 Å². The maximum absolute atomic E-state index is 11.9. The Morgan fingerprint density at radius 1 is 1.22 bits per heavy atom. The minimum atomic E-state index is -0.292. The number of rotatable bonds is 5. The molecule has 0 fully saturated rings. The number of para-hydroxylation sites is 1. The van der Waals surface area contributed by atoms with Crippen LogP contribution in [0.3, 0.4) is 0 Å². The van der Waals surface area contributed by atoms with Crippen molar-refractivity contribution in [2.45, 2.75) is 13.8 Å². The van der Waals surface area contributed by atoms with E-state index in [0.29, 0.717) is 16.3 Å². The standard InChI is InChI=1S/C17H18ClN3O2/c1-11-14(18)7-5-8-15(11)19-10-17(23)21-20-12(2)13-6-3-4-9-16(13)22/h3-9,19,22H,10H2,1-2H3,(H,21,23)/b20-12-. The van der Waals surface area contributed by atoms with Gasteiger partial charge in [0.15, 0.2) is 0 Å². The number of anilines is 1. The van der Waals surface area contributed by atoms with Gasteiger partial charge < -0.3 is 10.4 Å². The monoisotopic (exact) mass is 331 g/mol. The summed E-state index contributed by atoms with van der Waals surface area (Å²) in [4.78, 5) is 11.9. The molecular weight excluding hydrogens is 314 g/mol. The van der Waals surface area contributed by atoms with Gasteiger partial charge in [0.2, 0.25) is 0 Å². The molecule has 0 aliphatic carbocycles. The van der Waals surface area contributed by atoms with E-state index in [9.17, 15) is 9.90 Å². The smallest absolute Gasteiger partial charge is 0.259 e. The van der Waals surface area contributed by atoms with E-state index in [1.54, 1.807) is 37.3 Å². The lowest BCUT2D eigenvalue weighted by Crippen LogP contribution is -2.27. The Bertz CT molecular complexity index is 744. The second-order valence-corrected chi connectivity index (χ2v) is 5.42. The average Bonchev–Trinajstić information content (AvgIpc) is 2.54. The Balaban J connectivity index is 1.94. The van der Waals surface area contributed by atoms with Crippen LogP contribution >= 0.6 is 11.6 Å². The van der Waals surface area contributed by atoms with Crippen LogP contribution in [0.25, 0.3) is 0 Å².